The molecule has 1 heterocycles. The van der Waals surface area contributed by atoms with Crippen molar-refractivity contribution < 1.29 is 4.79 Å². The summed E-state index contributed by atoms with van der Waals surface area (Å²) in [4.78, 5) is 18.0. The van der Waals surface area contributed by atoms with E-state index in [9.17, 15) is 4.79 Å². The van der Waals surface area contributed by atoms with Gasteiger partial charge in [-0.1, -0.05) is 11.6 Å². The molecular weight excluding hydrogens is 206 g/mol. The first-order valence-electron chi connectivity index (χ1n) is 3.90. The molecule has 0 saturated heterocycles. The van der Waals surface area contributed by atoms with Crippen LogP contribution in [-0.4, -0.2) is 22.4 Å². The molecule has 0 bridgehead atoms. The van der Waals surface area contributed by atoms with Crippen LogP contribution in [0.3, 0.4) is 0 Å². The molecule has 0 spiro atoms. The lowest BCUT2D eigenvalue weighted by molar-refractivity contribution is -0.117. The Balaban J connectivity index is 2.57. The van der Waals surface area contributed by atoms with Crippen LogP contribution < -0.4 is 16.8 Å². The Morgan fingerprint density at radius 1 is 1.64 bits per heavy atom. The minimum absolute atomic E-state index is 0.121. The fourth-order valence-corrected chi connectivity index (χ4v) is 0.967. The number of halogens is 1. The lowest BCUT2D eigenvalue weighted by atomic mass is 10.4. The summed E-state index contributed by atoms with van der Waals surface area (Å²) in [5.74, 6) is 0.132. The van der Waals surface area contributed by atoms with Gasteiger partial charge >= 0.3 is 0 Å². The second-order valence-corrected chi connectivity index (χ2v) is 2.98. The van der Waals surface area contributed by atoms with Crippen LogP contribution in [0, 0.1) is 0 Å². The Hall–Kier alpha value is -1.56. The molecule has 0 radical (unpaired) electrons. The number of nitrogens with one attached hydrogen (secondary N) is 1. The fourth-order valence-electron chi connectivity index (χ4n) is 0.809. The van der Waals surface area contributed by atoms with E-state index in [1.807, 2.05) is 0 Å². The van der Waals surface area contributed by atoms with E-state index in [1.165, 1.54) is 6.20 Å². The number of anilines is 2. The Kier molecular flexibility index (Phi) is 3.47. The highest BCUT2D eigenvalue weighted by molar-refractivity contribution is 6.32. The first-order chi connectivity index (χ1) is 6.59. The number of hydrogen-bond acceptors (Lipinski definition) is 5. The second-order valence-electron chi connectivity index (χ2n) is 2.57. The van der Waals surface area contributed by atoms with Crippen molar-refractivity contribution in [1.29, 1.82) is 0 Å². The third-order valence-electron chi connectivity index (χ3n) is 1.43. The van der Waals surface area contributed by atoms with Gasteiger partial charge in [0.2, 0.25) is 11.9 Å². The zero-order chi connectivity index (χ0) is 10.6. The number of carbonyl (C=O) groups is 1. The molecule has 1 aromatic rings. The van der Waals surface area contributed by atoms with Crippen molar-refractivity contribution in [3.63, 3.8) is 0 Å². The molecular formula is C7H10ClN5O. The summed E-state index contributed by atoms with van der Waals surface area (Å²) in [6.07, 6.45) is 1.59. The predicted octanol–water partition coefficient (Wildman–Crippen LogP) is -0.000500. The van der Waals surface area contributed by atoms with Crippen LogP contribution >= 0.6 is 11.6 Å². The zero-order valence-corrected chi connectivity index (χ0v) is 8.08. The summed E-state index contributed by atoms with van der Waals surface area (Å²) in [6, 6.07) is 0. The maximum absolute atomic E-state index is 10.4. The molecule has 1 amide bonds. The normalized spacial score (nSPS) is 9.79. The average molecular weight is 216 g/mol. The molecule has 0 aliphatic heterocycles. The maximum Gasteiger partial charge on any atom is 0.222 e. The predicted molar refractivity (Wildman–Crippen MR) is 53.8 cm³/mol. The topological polar surface area (TPSA) is 107 Å². The summed E-state index contributed by atoms with van der Waals surface area (Å²) in [6.45, 7) is 0.367. The Morgan fingerprint density at radius 2 is 2.36 bits per heavy atom. The van der Waals surface area contributed by atoms with E-state index in [1.54, 1.807) is 0 Å². The molecule has 14 heavy (non-hydrogen) atoms. The third-order valence-corrected chi connectivity index (χ3v) is 1.70. The van der Waals surface area contributed by atoms with Crippen LogP contribution in [0.4, 0.5) is 11.8 Å². The van der Waals surface area contributed by atoms with Crippen molar-refractivity contribution in [3.8, 4) is 0 Å². The van der Waals surface area contributed by atoms with E-state index in [0.717, 1.165) is 0 Å². The molecule has 0 fully saturated rings. The van der Waals surface area contributed by atoms with E-state index < -0.39 is 5.91 Å². The van der Waals surface area contributed by atoms with E-state index in [-0.39, 0.29) is 12.4 Å². The molecule has 5 N–H and O–H groups in total. The first kappa shape index (κ1) is 10.5. The van der Waals surface area contributed by atoms with E-state index >= 15 is 0 Å². The molecule has 0 aliphatic carbocycles. The van der Waals surface area contributed by atoms with Crippen LogP contribution in [0.1, 0.15) is 6.42 Å². The molecule has 0 saturated carbocycles. The van der Waals surface area contributed by atoms with Crippen molar-refractivity contribution in [2.24, 2.45) is 5.73 Å². The molecule has 0 aliphatic rings. The van der Waals surface area contributed by atoms with Crippen molar-refractivity contribution >= 4 is 29.3 Å². The highest BCUT2D eigenvalue weighted by atomic mass is 35.5. The molecule has 1 aromatic heterocycles. The minimum Gasteiger partial charge on any atom is -0.370 e. The Labute approximate surface area is 85.7 Å². The summed E-state index contributed by atoms with van der Waals surface area (Å²) < 4.78 is 0. The van der Waals surface area contributed by atoms with Crippen LogP contribution in [0.2, 0.25) is 5.02 Å². The summed E-state index contributed by atoms with van der Waals surface area (Å²) >= 11 is 5.75. The smallest absolute Gasteiger partial charge is 0.222 e. The number of hydrogen-bond donors (Lipinski definition) is 3. The lowest BCUT2D eigenvalue weighted by Crippen LogP contribution is -2.16. The molecule has 76 valence electrons. The van der Waals surface area contributed by atoms with Gasteiger partial charge in [0.15, 0.2) is 0 Å². The number of primary amides is 1. The number of rotatable bonds is 4. The van der Waals surface area contributed by atoms with Gasteiger partial charge in [-0.2, -0.15) is 4.98 Å². The number of amides is 1. The Bertz CT molecular complexity index is 343. The number of carbonyl (C=O) groups excluding carboxylic acids is 1. The van der Waals surface area contributed by atoms with Crippen molar-refractivity contribution in [2.75, 3.05) is 17.6 Å². The molecule has 0 aromatic carbocycles. The van der Waals surface area contributed by atoms with Gasteiger partial charge in [0.1, 0.15) is 10.8 Å². The fraction of sp³-hybridized carbons (Fsp3) is 0.286. The largest absolute Gasteiger partial charge is 0.370 e. The average Bonchev–Trinajstić information content (AvgIpc) is 2.10. The van der Waals surface area contributed by atoms with Gasteiger partial charge < -0.3 is 16.8 Å². The quantitative estimate of drug-likeness (QED) is 0.655. The second kappa shape index (κ2) is 4.61. The van der Waals surface area contributed by atoms with Gasteiger partial charge in [-0.25, -0.2) is 4.98 Å². The van der Waals surface area contributed by atoms with Crippen LogP contribution in [0.25, 0.3) is 0 Å². The highest BCUT2D eigenvalue weighted by Crippen LogP contribution is 2.17. The summed E-state index contributed by atoms with van der Waals surface area (Å²) in [5, 5.41) is 3.17. The first-order valence-corrected chi connectivity index (χ1v) is 4.27. The molecule has 0 unspecified atom stereocenters. The van der Waals surface area contributed by atoms with Gasteiger partial charge in [0.05, 0.1) is 6.20 Å². The monoisotopic (exact) mass is 215 g/mol. The number of aromatic nitrogens is 2. The van der Waals surface area contributed by atoms with E-state index in [4.69, 9.17) is 23.1 Å². The molecule has 7 heteroatoms. The number of nitrogens with two attached hydrogens (primary N) is 2. The number of nitrogens with zero attached hydrogens (tertiary/aromatic N) is 2. The molecule has 6 nitrogen and oxygen atoms in total. The van der Waals surface area contributed by atoms with Gasteiger partial charge in [0, 0.05) is 13.0 Å². The maximum atomic E-state index is 10.4. The van der Waals surface area contributed by atoms with Gasteiger partial charge in [-0.3, -0.25) is 4.79 Å². The van der Waals surface area contributed by atoms with Gasteiger partial charge in [-0.05, 0) is 0 Å². The lowest BCUT2D eigenvalue weighted by Gasteiger charge is -2.05. The van der Waals surface area contributed by atoms with Crippen LogP contribution in [-0.2, 0) is 4.79 Å². The molecule has 1 rings (SSSR count). The van der Waals surface area contributed by atoms with E-state index in [0.29, 0.717) is 17.4 Å². The van der Waals surface area contributed by atoms with Gasteiger partial charge in [0.25, 0.3) is 0 Å². The minimum atomic E-state index is -0.393. The van der Waals surface area contributed by atoms with Crippen LogP contribution in [0.5, 0.6) is 0 Å². The van der Waals surface area contributed by atoms with Crippen molar-refractivity contribution in [3.05, 3.63) is 11.2 Å². The van der Waals surface area contributed by atoms with Gasteiger partial charge in [-0.15, -0.1) is 0 Å². The summed E-state index contributed by atoms with van der Waals surface area (Å²) in [5.41, 5.74) is 10.3. The summed E-state index contributed by atoms with van der Waals surface area (Å²) in [7, 11) is 0. The SMILES string of the molecule is NC(=O)CCNc1nc(N)ncc1Cl. The highest BCUT2D eigenvalue weighted by Gasteiger charge is 2.03. The Morgan fingerprint density at radius 3 is 3.00 bits per heavy atom. The number of nitrogen functional groups attached to an aromatic ring is 1. The zero-order valence-electron chi connectivity index (χ0n) is 7.33. The van der Waals surface area contributed by atoms with Crippen LogP contribution in [0.15, 0.2) is 6.20 Å². The third kappa shape index (κ3) is 3.06. The molecule has 0 atom stereocenters. The van der Waals surface area contributed by atoms with Crippen molar-refractivity contribution in [2.45, 2.75) is 6.42 Å². The standard InChI is InChI=1S/C7H10ClN5O/c8-4-3-12-7(10)13-6(4)11-2-1-5(9)14/h3H,1-2H2,(H2,9,14)(H3,10,11,12,13). The van der Waals surface area contributed by atoms with Crippen molar-refractivity contribution in [1.82, 2.24) is 9.97 Å². The van der Waals surface area contributed by atoms with E-state index in [2.05, 4.69) is 15.3 Å².